The number of aliphatic carboxylic acids is 1. The van der Waals surface area contributed by atoms with Crippen LogP contribution in [0.5, 0.6) is 11.5 Å². The number of carboxylic acid groups (broad SMARTS) is 1. The maximum Gasteiger partial charge on any atom is 0.326 e. The number of aryl methyl sites for hydroxylation is 1. The summed E-state index contributed by atoms with van der Waals surface area (Å²) in [7, 11) is 0. The lowest BCUT2D eigenvalue weighted by Gasteiger charge is -2.10. The van der Waals surface area contributed by atoms with Crippen LogP contribution in [0.1, 0.15) is 28.9 Å². The largest absolute Gasteiger partial charge is 0.480 e. The summed E-state index contributed by atoms with van der Waals surface area (Å²) >= 11 is 1.24. The number of thiazole rings is 1. The Bertz CT molecular complexity index is 1130. The zero-order valence-corrected chi connectivity index (χ0v) is 15.4. The Hall–Kier alpha value is -3.13. The predicted octanol–water partition coefficient (Wildman–Crippen LogP) is 3.13. The van der Waals surface area contributed by atoms with Crippen molar-refractivity contribution in [1.82, 2.24) is 4.57 Å². The van der Waals surface area contributed by atoms with E-state index in [2.05, 4.69) is 4.99 Å². The molecule has 3 aromatic rings. The van der Waals surface area contributed by atoms with Crippen LogP contribution in [-0.2, 0) is 4.79 Å². The minimum atomic E-state index is -1.02. The molecule has 4 rings (SSSR count). The van der Waals surface area contributed by atoms with Crippen molar-refractivity contribution in [1.29, 1.82) is 0 Å². The summed E-state index contributed by atoms with van der Waals surface area (Å²) in [5.41, 5.74) is 2.12. The Morgan fingerprint density at radius 2 is 1.85 bits per heavy atom. The molecule has 1 aromatic heterocycles. The Kier molecular flexibility index (Phi) is 4.19. The molecule has 138 valence electrons. The summed E-state index contributed by atoms with van der Waals surface area (Å²) in [5.74, 6) is -0.303. The summed E-state index contributed by atoms with van der Waals surface area (Å²) in [6, 6.07) is 9.68. The highest BCUT2D eigenvalue weighted by Crippen LogP contribution is 2.37. The van der Waals surface area contributed by atoms with Crippen LogP contribution < -0.4 is 14.3 Å². The van der Waals surface area contributed by atoms with Crippen molar-refractivity contribution in [2.75, 3.05) is 6.79 Å². The first-order valence-electron chi connectivity index (χ1n) is 8.27. The van der Waals surface area contributed by atoms with Gasteiger partial charge in [-0.05, 0) is 26.0 Å². The first kappa shape index (κ1) is 17.3. The second kappa shape index (κ2) is 6.55. The summed E-state index contributed by atoms with van der Waals surface area (Å²) in [5, 5.41) is 9.51. The number of ether oxygens (including phenoxy) is 2. The molecule has 0 saturated heterocycles. The maximum absolute atomic E-state index is 12.6. The Morgan fingerprint density at radius 1 is 1.19 bits per heavy atom. The molecule has 2 aromatic carbocycles. The number of rotatable bonds is 3. The number of carboxylic acids is 1. The molecule has 0 fully saturated rings. The van der Waals surface area contributed by atoms with Crippen molar-refractivity contribution >= 4 is 33.4 Å². The van der Waals surface area contributed by atoms with Gasteiger partial charge < -0.3 is 19.1 Å². The lowest BCUT2D eigenvalue weighted by Crippen LogP contribution is -2.25. The highest BCUT2D eigenvalue weighted by molar-refractivity contribution is 7.16. The minimum absolute atomic E-state index is 0.129. The number of hydrogen-bond acceptors (Lipinski definition) is 5. The summed E-state index contributed by atoms with van der Waals surface area (Å²) in [4.78, 5) is 28.7. The standard InChI is InChI=1S/C19H16N2O5S/c1-10-3-5-12(6-4-10)17(22)20-19-21(11(2)18(23)24)13-7-14-15(26-9-25-14)8-16(13)27-19/h3-8,11H,9H2,1-2H3,(H,23,24)/b20-19-. The van der Waals surface area contributed by atoms with Gasteiger partial charge in [0.2, 0.25) is 6.79 Å². The highest BCUT2D eigenvalue weighted by atomic mass is 32.1. The molecule has 2 heterocycles. The molecule has 1 amide bonds. The Balaban J connectivity index is 1.91. The normalized spacial score (nSPS) is 14.5. The van der Waals surface area contributed by atoms with Gasteiger partial charge in [0.05, 0.1) is 10.2 Å². The topological polar surface area (TPSA) is 90.1 Å². The van der Waals surface area contributed by atoms with E-state index < -0.39 is 17.9 Å². The molecule has 0 spiro atoms. The van der Waals surface area contributed by atoms with E-state index >= 15 is 0 Å². The van der Waals surface area contributed by atoms with Gasteiger partial charge in [-0.15, -0.1) is 0 Å². The quantitative estimate of drug-likeness (QED) is 0.749. The van der Waals surface area contributed by atoms with Crippen molar-refractivity contribution in [3.63, 3.8) is 0 Å². The lowest BCUT2D eigenvalue weighted by atomic mass is 10.1. The molecule has 8 heteroatoms. The summed E-state index contributed by atoms with van der Waals surface area (Å²) in [6.07, 6.45) is 0. The van der Waals surface area contributed by atoms with E-state index in [1.54, 1.807) is 31.2 Å². The van der Waals surface area contributed by atoms with Crippen molar-refractivity contribution in [3.05, 3.63) is 52.3 Å². The van der Waals surface area contributed by atoms with Gasteiger partial charge in [0.25, 0.3) is 5.91 Å². The lowest BCUT2D eigenvalue weighted by molar-refractivity contribution is -0.140. The number of amides is 1. The first-order valence-corrected chi connectivity index (χ1v) is 9.09. The summed E-state index contributed by atoms with van der Waals surface area (Å²) in [6.45, 7) is 3.61. The van der Waals surface area contributed by atoms with E-state index in [1.165, 1.54) is 15.9 Å². The molecule has 0 bridgehead atoms. The van der Waals surface area contributed by atoms with Crippen LogP contribution in [0.3, 0.4) is 0 Å². The van der Waals surface area contributed by atoms with Gasteiger partial charge in [0, 0.05) is 17.7 Å². The van der Waals surface area contributed by atoms with Crippen LogP contribution in [0.2, 0.25) is 0 Å². The third kappa shape index (κ3) is 3.08. The maximum atomic E-state index is 12.6. The van der Waals surface area contributed by atoms with Crippen molar-refractivity contribution in [3.8, 4) is 11.5 Å². The van der Waals surface area contributed by atoms with Crippen molar-refractivity contribution in [2.24, 2.45) is 4.99 Å². The van der Waals surface area contributed by atoms with Crippen molar-refractivity contribution < 1.29 is 24.2 Å². The van der Waals surface area contributed by atoms with Crippen molar-refractivity contribution in [2.45, 2.75) is 19.9 Å². The van der Waals surface area contributed by atoms with Crippen LogP contribution in [0.4, 0.5) is 0 Å². The molecule has 1 N–H and O–H groups in total. The molecule has 1 unspecified atom stereocenters. The third-order valence-electron chi connectivity index (χ3n) is 4.36. The zero-order valence-electron chi connectivity index (χ0n) is 14.6. The molecule has 1 aliphatic heterocycles. The molecule has 0 saturated carbocycles. The van der Waals surface area contributed by atoms with Crippen LogP contribution in [0, 0.1) is 6.92 Å². The fourth-order valence-electron chi connectivity index (χ4n) is 2.84. The second-order valence-electron chi connectivity index (χ2n) is 6.23. The molecule has 0 aliphatic carbocycles. The predicted molar refractivity (Wildman–Crippen MR) is 99.4 cm³/mol. The minimum Gasteiger partial charge on any atom is -0.480 e. The summed E-state index contributed by atoms with van der Waals surface area (Å²) < 4.78 is 13.1. The molecule has 1 atom stereocenters. The van der Waals surface area contributed by atoms with Gasteiger partial charge in [0.15, 0.2) is 16.3 Å². The number of fused-ring (bicyclic) bond motifs is 2. The third-order valence-corrected chi connectivity index (χ3v) is 5.38. The fourth-order valence-corrected chi connectivity index (χ4v) is 3.95. The zero-order chi connectivity index (χ0) is 19.1. The Labute approximate surface area is 158 Å². The average molecular weight is 384 g/mol. The average Bonchev–Trinajstić information content (AvgIpc) is 3.22. The van der Waals surface area contributed by atoms with Gasteiger partial charge in [-0.1, -0.05) is 29.0 Å². The number of aromatic nitrogens is 1. The fraction of sp³-hybridized carbons (Fsp3) is 0.211. The van der Waals surface area contributed by atoms with E-state index in [1.807, 2.05) is 19.1 Å². The Morgan fingerprint density at radius 3 is 2.52 bits per heavy atom. The van der Waals surface area contributed by atoms with Gasteiger partial charge in [0.1, 0.15) is 6.04 Å². The van der Waals surface area contributed by atoms with Crippen LogP contribution >= 0.6 is 11.3 Å². The monoisotopic (exact) mass is 384 g/mol. The molecular weight excluding hydrogens is 368 g/mol. The van der Waals surface area contributed by atoms with Crippen LogP contribution in [0.25, 0.3) is 10.2 Å². The van der Waals surface area contributed by atoms with E-state index in [4.69, 9.17) is 9.47 Å². The highest BCUT2D eigenvalue weighted by Gasteiger charge is 2.23. The van der Waals surface area contributed by atoms with Gasteiger partial charge >= 0.3 is 5.97 Å². The van der Waals surface area contributed by atoms with E-state index in [-0.39, 0.29) is 6.79 Å². The van der Waals surface area contributed by atoms with Gasteiger partial charge in [-0.25, -0.2) is 4.79 Å². The molecular formula is C19H16N2O5S. The second-order valence-corrected chi connectivity index (χ2v) is 7.23. The smallest absolute Gasteiger partial charge is 0.326 e. The van der Waals surface area contributed by atoms with Crippen LogP contribution in [-0.4, -0.2) is 28.3 Å². The number of carbonyl (C=O) groups is 2. The SMILES string of the molecule is Cc1ccc(C(=O)/N=c2\sc3cc4c(cc3n2C(C)C(=O)O)OCO4)cc1. The van der Waals surface area contributed by atoms with Gasteiger partial charge in [-0.3, -0.25) is 4.79 Å². The number of nitrogens with zero attached hydrogens (tertiary/aromatic N) is 2. The number of carbonyl (C=O) groups excluding carboxylic acids is 1. The molecule has 0 radical (unpaired) electrons. The molecule has 7 nitrogen and oxygen atoms in total. The molecule has 1 aliphatic rings. The van der Waals surface area contributed by atoms with E-state index in [0.717, 1.165) is 10.3 Å². The number of hydrogen-bond donors (Lipinski definition) is 1. The number of benzene rings is 2. The molecule has 27 heavy (non-hydrogen) atoms. The van der Waals surface area contributed by atoms with E-state index in [0.29, 0.717) is 27.4 Å². The van der Waals surface area contributed by atoms with E-state index in [9.17, 15) is 14.7 Å². The first-order chi connectivity index (χ1) is 12.9. The van der Waals surface area contributed by atoms with Gasteiger partial charge in [-0.2, -0.15) is 4.99 Å². The van der Waals surface area contributed by atoms with Crippen LogP contribution in [0.15, 0.2) is 41.4 Å².